The zero-order valence-corrected chi connectivity index (χ0v) is 13.1. The van der Waals surface area contributed by atoms with E-state index in [1.807, 2.05) is 6.20 Å². The maximum atomic E-state index is 11.9. The number of hydrogen-bond acceptors (Lipinski definition) is 2. The third-order valence-corrected chi connectivity index (χ3v) is 4.52. The molecule has 1 fully saturated rings. The molecule has 0 amide bonds. The van der Waals surface area contributed by atoms with Crippen molar-refractivity contribution >= 4 is 16.7 Å². The number of fused-ring (bicyclic) bond motifs is 1. The van der Waals surface area contributed by atoms with Crippen LogP contribution < -0.4 is 0 Å². The number of benzene rings is 1. The summed E-state index contributed by atoms with van der Waals surface area (Å²) in [5.41, 5.74) is 3.24. The highest BCUT2D eigenvalue weighted by Crippen LogP contribution is 2.23. The molecule has 21 heavy (non-hydrogen) atoms. The molecule has 1 aliphatic heterocycles. The van der Waals surface area contributed by atoms with E-state index in [-0.39, 0.29) is 5.78 Å². The fourth-order valence-electron chi connectivity index (χ4n) is 3.31. The highest BCUT2D eigenvalue weighted by Gasteiger charge is 2.14. The highest BCUT2D eigenvalue weighted by molar-refractivity contribution is 6.07. The molecule has 0 bridgehead atoms. The number of hydrogen-bond donors (Lipinski definition) is 0. The van der Waals surface area contributed by atoms with E-state index in [0.717, 1.165) is 24.0 Å². The van der Waals surface area contributed by atoms with Gasteiger partial charge in [-0.3, -0.25) is 4.79 Å². The lowest BCUT2D eigenvalue weighted by Crippen LogP contribution is -2.32. The van der Waals surface area contributed by atoms with Crippen molar-refractivity contribution in [3.8, 4) is 0 Å². The van der Waals surface area contributed by atoms with Crippen LogP contribution in [0.4, 0.5) is 0 Å². The van der Waals surface area contributed by atoms with Gasteiger partial charge in [0.2, 0.25) is 0 Å². The molecule has 3 rings (SSSR count). The summed E-state index contributed by atoms with van der Waals surface area (Å²) in [4.78, 5) is 14.4. The summed E-state index contributed by atoms with van der Waals surface area (Å²) in [6.07, 6.45) is 6.06. The van der Waals surface area contributed by atoms with Gasteiger partial charge in [0.25, 0.3) is 0 Å². The van der Waals surface area contributed by atoms with E-state index in [4.69, 9.17) is 0 Å². The third kappa shape index (κ3) is 3.03. The Morgan fingerprint density at radius 2 is 1.90 bits per heavy atom. The Balaban J connectivity index is 1.85. The zero-order chi connectivity index (χ0) is 14.8. The van der Waals surface area contributed by atoms with Crippen LogP contribution >= 0.6 is 0 Å². The van der Waals surface area contributed by atoms with Crippen molar-refractivity contribution in [3.05, 3.63) is 35.5 Å². The molecule has 0 atom stereocenters. The van der Waals surface area contributed by atoms with Gasteiger partial charge in [-0.15, -0.1) is 0 Å². The number of likely N-dealkylation sites (tertiary alicyclic amines) is 1. The quantitative estimate of drug-likeness (QED) is 0.801. The van der Waals surface area contributed by atoms with E-state index in [9.17, 15) is 4.79 Å². The molecule has 3 heteroatoms. The van der Waals surface area contributed by atoms with E-state index >= 15 is 0 Å². The van der Waals surface area contributed by atoms with Crippen LogP contribution in [0.5, 0.6) is 0 Å². The average molecular weight is 284 g/mol. The molecule has 0 saturated carbocycles. The first-order chi connectivity index (χ1) is 10.1. The Kier molecular flexibility index (Phi) is 4.11. The number of carbonyl (C=O) groups excluding carboxylic acids is 1. The van der Waals surface area contributed by atoms with Crippen molar-refractivity contribution in [3.63, 3.8) is 0 Å². The molecule has 0 radical (unpaired) electrons. The molecule has 1 aromatic heterocycles. The Morgan fingerprint density at radius 1 is 1.14 bits per heavy atom. The van der Waals surface area contributed by atoms with Gasteiger partial charge in [-0.05, 0) is 51.9 Å². The SMILES string of the molecule is CC(=O)c1cn(CCN2CCCCC2)c2ccc(C)cc12. The zero-order valence-electron chi connectivity index (χ0n) is 13.1. The second kappa shape index (κ2) is 6.02. The Labute approximate surface area is 126 Å². The fraction of sp³-hybridized carbons (Fsp3) is 0.500. The van der Waals surface area contributed by atoms with Gasteiger partial charge in [0.05, 0.1) is 0 Å². The predicted octanol–water partition coefficient (Wildman–Crippen LogP) is 3.64. The normalized spacial score (nSPS) is 16.5. The third-order valence-electron chi connectivity index (χ3n) is 4.52. The summed E-state index contributed by atoms with van der Waals surface area (Å²) in [5, 5.41) is 1.10. The van der Waals surface area contributed by atoms with Crippen LogP contribution in [0.2, 0.25) is 0 Å². The number of aryl methyl sites for hydroxylation is 1. The van der Waals surface area contributed by atoms with Crippen LogP contribution in [0.15, 0.2) is 24.4 Å². The fourth-order valence-corrected chi connectivity index (χ4v) is 3.31. The Hall–Kier alpha value is -1.61. The van der Waals surface area contributed by atoms with Crippen molar-refractivity contribution < 1.29 is 4.79 Å². The number of ketones is 1. The van der Waals surface area contributed by atoms with Gasteiger partial charge in [-0.1, -0.05) is 18.1 Å². The van der Waals surface area contributed by atoms with E-state index < -0.39 is 0 Å². The molecular formula is C18H24N2O. The molecule has 0 aliphatic carbocycles. The van der Waals surface area contributed by atoms with Crippen LogP contribution in [0, 0.1) is 6.92 Å². The largest absolute Gasteiger partial charge is 0.345 e. The number of piperidine rings is 1. The molecule has 2 aromatic rings. The second-order valence-corrected chi connectivity index (χ2v) is 6.22. The number of Topliss-reactive ketones (excluding diaryl/α,β-unsaturated/α-hetero) is 1. The summed E-state index contributed by atoms with van der Waals surface area (Å²) in [6.45, 7) is 8.22. The molecule has 112 valence electrons. The van der Waals surface area contributed by atoms with Crippen LogP contribution in [0.25, 0.3) is 10.9 Å². The summed E-state index contributed by atoms with van der Waals surface area (Å²) in [7, 11) is 0. The minimum Gasteiger partial charge on any atom is -0.345 e. The second-order valence-electron chi connectivity index (χ2n) is 6.22. The summed E-state index contributed by atoms with van der Waals surface area (Å²) < 4.78 is 2.25. The molecule has 3 nitrogen and oxygen atoms in total. The minimum atomic E-state index is 0.155. The predicted molar refractivity (Wildman–Crippen MR) is 87.0 cm³/mol. The number of rotatable bonds is 4. The van der Waals surface area contributed by atoms with Gasteiger partial charge >= 0.3 is 0 Å². The molecule has 1 aromatic carbocycles. The van der Waals surface area contributed by atoms with E-state index in [1.165, 1.54) is 43.4 Å². The van der Waals surface area contributed by atoms with Gasteiger partial charge in [0.15, 0.2) is 5.78 Å². The van der Waals surface area contributed by atoms with Gasteiger partial charge in [0.1, 0.15) is 0 Å². The van der Waals surface area contributed by atoms with E-state index in [1.54, 1.807) is 6.92 Å². The topological polar surface area (TPSA) is 25.2 Å². The van der Waals surface area contributed by atoms with Crippen LogP contribution in [0.3, 0.4) is 0 Å². The first-order valence-electron chi connectivity index (χ1n) is 7.98. The van der Waals surface area contributed by atoms with Gasteiger partial charge in [0, 0.05) is 35.8 Å². The van der Waals surface area contributed by atoms with Gasteiger partial charge in [-0.25, -0.2) is 0 Å². The average Bonchev–Trinajstić information content (AvgIpc) is 2.84. The lowest BCUT2D eigenvalue weighted by atomic mass is 10.1. The maximum absolute atomic E-state index is 11.9. The summed E-state index contributed by atoms with van der Waals surface area (Å²) in [6, 6.07) is 6.40. The number of carbonyl (C=O) groups is 1. The summed E-state index contributed by atoms with van der Waals surface area (Å²) >= 11 is 0. The standard InChI is InChI=1S/C18H24N2O/c1-14-6-7-18-16(12-14)17(15(2)21)13-20(18)11-10-19-8-4-3-5-9-19/h6-7,12-13H,3-5,8-11H2,1-2H3. The monoisotopic (exact) mass is 284 g/mol. The molecule has 0 spiro atoms. The smallest absolute Gasteiger partial charge is 0.161 e. The molecule has 0 N–H and O–H groups in total. The van der Waals surface area contributed by atoms with Gasteiger partial charge in [-0.2, -0.15) is 0 Å². The van der Waals surface area contributed by atoms with Crippen molar-refractivity contribution in [2.45, 2.75) is 39.7 Å². The Bertz CT molecular complexity index is 651. The first kappa shape index (κ1) is 14.3. The maximum Gasteiger partial charge on any atom is 0.161 e. The lowest BCUT2D eigenvalue weighted by Gasteiger charge is -2.26. The van der Waals surface area contributed by atoms with E-state index in [0.29, 0.717) is 0 Å². The molecule has 0 unspecified atom stereocenters. The van der Waals surface area contributed by atoms with Crippen molar-refractivity contribution in [1.29, 1.82) is 0 Å². The molecule has 1 saturated heterocycles. The van der Waals surface area contributed by atoms with Crippen LogP contribution in [-0.4, -0.2) is 34.9 Å². The minimum absolute atomic E-state index is 0.155. The van der Waals surface area contributed by atoms with Crippen LogP contribution in [0.1, 0.15) is 42.1 Å². The number of aromatic nitrogens is 1. The highest BCUT2D eigenvalue weighted by atomic mass is 16.1. The van der Waals surface area contributed by atoms with Crippen LogP contribution in [-0.2, 0) is 6.54 Å². The van der Waals surface area contributed by atoms with Crippen molar-refractivity contribution in [2.75, 3.05) is 19.6 Å². The Morgan fingerprint density at radius 3 is 2.62 bits per heavy atom. The molecule has 1 aliphatic rings. The van der Waals surface area contributed by atoms with Crippen molar-refractivity contribution in [1.82, 2.24) is 9.47 Å². The lowest BCUT2D eigenvalue weighted by molar-refractivity contribution is 0.101. The summed E-state index contributed by atoms with van der Waals surface area (Å²) in [5.74, 6) is 0.155. The molecular weight excluding hydrogens is 260 g/mol. The number of nitrogens with zero attached hydrogens (tertiary/aromatic N) is 2. The molecule has 2 heterocycles. The first-order valence-corrected chi connectivity index (χ1v) is 7.98. The van der Waals surface area contributed by atoms with Gasteiger partial charge < -0.3 is 9.47 Å². The van der Waals surface area contributed by atoms with E-state index in [2.05, 4.69) is 34.6 Å². The van der Waals surface area contributed by atoms with Crippen molar-refractivity contribution in [2.24, 2.45) is 0 Å².